The lowest BCUT2D eigenvalue weighted by Crippen LogP contribution is -2.33. The highest BCUT2D eigenvalue weighted by Gasteiger charge is 2.13. The Morgan fingerprint density at radius 1 is 1.18 bits per heavy atom. The van der Waals surface area contributed by atoms with Gasteiger partial charge in [0.05, 0.1) is 0 Å². The van der Waals surface area contributed by atoms with Crippen molar-refractivity contribution in [2.45, 2.75) is 6.54 Å². The number of halogens is 1. The van der Waals surface area contributed by atoms with E-state index in [9.17, 15) is 0 Å². The molecule has 17 heavy (non-hydrogen) atoms. The molecule has 0 N–H and O–H groups in total. The lowest BCUT2D eigenvalue weighted by Gasteiger charge is -1.94. The molecule has 0 fully saturated rings. The lowest BCUT2D eigenvalue weighted by atomic mass is 10.4. The third-order valence-electron chi connectivity index (χ3n) is 2.52. The molecule has 0 aliphatic carbocycles. The second-order valence-electron chi connectivity index (χ2n) is 3.69. The number of hydrogen-bond donors (Lipinski definition) is 0. The summed E-state index contributed by atoms with van der Waals surface area (Å²) >= 11 is 3.56. The minimum atomic E-state index is 0.714. The van der Waals surface area contributed by atoms with Crippen LogP contribution in [0.5, 0.6) is 0 Å². The monoisotopic (exact) mass is 289 g/mol. The lowest BCUT2D eigenvalue weighted by molar-refractivity contribution is -0.688. The van der Waals surface area contributed by atoms with Crippen molar-refractivity contribution in [3.05, 3.63) is 59.3 Å². The van der Waals surface area contributed by atoms with E-state index in [-0.39, 0.29) is 0 Å². The molecule has 3 aromatic rings. The van der Waals surface area contributed by atoms with Crippen LogP contribution in [0.3, 0.4) is 0 Å². The Kier molecular flexibility index (Phi) is 2.60. The summed E-state index contributed by atoms with van der Waals surface area (Å²) in [5, 5.41) is 0. The molecule has 3 heterocycles. The van der Waals surface area contributed by atoms with E-state index >= 15 is 0 Å². The van der Waals surface area contributed by atoms with Crippen molar-refractivity contribution in [1.29, 1.82) is 0 Å². The van der Waals surface area contributed by atoms with Crippen LogP contribution in [0.4, 0.5) is 0 Å². The maximum Gasteiger partial charge on any atom is 0.235 e. The summed E-state index contributed by atoms with van der Waals surface area (Å²) in [6.45, 7) is 0.727. The van der Waals surface area contributed by atoms with Gasteiger partial charge in [-0.25, -0.2) is 9.97 Å². The van der Waals surface area contributed by atoms with Crippen molar-refractivity contribution in [3.63, 3.8) is 0 Å². The van der Waals surface area contributed by atoms with Crippen LogP contribution < -0.4 is 4.57 Å². The highest BCUT2D eigenvalue weighted by atomic mass is 79.9. The molecule has 3 rings (SSSR count). The third kappa shape index (κ3) is 1.93. The van der Waals surface area contributed by atoms with Crippen molar-refractivity contribution in [3.8, 4) is 0 Å². The van der Waals surface area contributed by atoms with Crippen molar-refractivity contribution < 1.29 is 4.57 Å². The van der Waals surface area contributed by atoms with Crippen molar-refractivity contribution in [2.24, 2.45) is 0 Å². The van der Waals surface area contributed by atoms with Crippen LogP contribution in [-0.4, -0.2) is 14.4 Å². The Hall–Kier alpha value is -1.75. The number of imidazole rings is 1. The number of rotatable bonds is 2. The molecule has 0 unspecified atom stereocenters. The van der Waals surface area contributed by atoms with Gasteiger partial charge in [-0.2, -0.15) is 4.57 Å². The maximum absolute atomic E-state index is 4.49. The van der Waals surface area contributed by atoms with E-state index in [0.29, 0.717) is 5.78 Å². The van der Waals surface area contributed by atoms with Crippen LogP contribution in [0, 0.1) is 0 Å². The van der Waals surface area contributed by atoms with Crippen LogP contribution in [0.25, 0.3) is 5.78 Å². The number of fused-ring (bicyclic) bond motifs is 1. The molecule has 0 aliphatic heterocycles. The Bertz CT molecular complexity index is 648. The Balaban J connectivity index is 2.04. The van der Waals surface area contributed by atoms with Gasteiger partial charge in [-0.3, -0.25) is 4.40 Å². The molecule has 4 nitrogen and oxygen atoms in total. The molecule has 0 saturated carbocycles. The van der Waals surface area contributed by atoms with Gasteiger partial charge in [0.1, 0.15) is 10.3 Å². The molecule has 0 bridgehead atoms. The molecule has 0 radical (unpaired) electrons. The van der Waals surface area contributed by atoms with Crippen molar-refractivity contribution >= 4 is 21.7 Å². The van der Waals surface area contributed by atoms with E-state index in [2.05, 4.69) is 30.5 Å². The largest absolute Gasteiger partial charge is 0.278 e. The summed E-state index contributed by atoms with van der Waals surface area (Å²) in [5.41, 5.74) is 0.972. The van der Waals surface area contributed by atoms with Gasteiger partial charge in [-0.05, 0) is 22.0 Å². The number of nitrogens with zero attached hydrogens (tertiary/aromatic N) is 4. The summed E-state index contributed by atoms with van der Waals surface area (Å²) in [6, 6.07) is 7.89. The van der Waals surface area contributed by atoms with E-state index in [1.54, 1.807) is 6.20 Å². The summed E-state index contributed by atoms with van der Waals surface area (Å²) in [6.07, 6.45) is 7.72. The van der Waals surface area contributed by atoms with Gasteiger partial charge in [0.15, 0.2) is 18.9 Å². The smallest absolute Gasteiger partial charge is 0.235 e. The number of pyridine rings is 1. The molecule has 3 aromatic heterocycles. The van der Waals surface area contributed by atoms with Gasteiger partial charge >= 0.3 is 0 Å². The van der Waals surface area contributed by atoms with E-state index in [1.807, 2.05) is 47.3 Å². The molecule has 0 aromatic carbocycles. The number of aromatic nitrogens is 4. The predicted octanol–water partition coefficient (Wildman–Crippen LogP) is 1.83. The average Bonchev–Trinajstić information content (AvgIpc) is 2.68. The zero-order valence-electron chi connectivity index (χ0n) is 8.99. The molecular weight excluding hydrogens is 280 g/mol. The van der Waals surface area contributed by atoms with Crippen molar-refractivity contribution in [1.82, 2.24) is 14.4 Å². The van der Waals surface area contributed by atoms with E-state index < -0.39 is 0 Å². The Labute approximate surface area is 107 Å². The fourth-order valence-corrected chi connectivity index (χ4v) is 2.21. The minimum Gasteiger partial charge on any atom is -0.278 e. The van der Waals surface area contributed by atoms with E-state index in [1.165, 1.54) is 0 Å². The summed E-state index contributed by atoms with van der Waals surface area (Å²) in [7, 11) is 0. The highest BCUT2D eigenvalue weighted by Crippen LogP contribution is 2.16. The van der Waals surface area contributed by atoms with E-state index in [4.69, 9.17) is 0 Å². The molecule has 84 valence electrons. The van der Waals surface area contributed by atoms with Crippen LogP contribution in [0.15, 0.2) is 53.7 Å². The first-order valence-corrected chi connectivity index (χ1v) is 6.05. The first kappa shape index (κ1) is 10.4. The second kappa shape index (κ2) is 4.25. The second-order valence-corrected chi connectivity index (χ2v) is 4.44. The third-order valence-corrected chi connectivity index (χ3v) is 3.36. The van der Waals surface area contributed by atoms with Crippen LogP contribution in [0.1, 0.15) is 5.69 Å². The highest BCUT2D eigenvalue weighted by molar-refractivity contribution is 9.10. The molecule has 0 atom stereocenters. The number of hydrogen-bond acceptors (Lipinski definition) is 2. The quantitative estimate of drug-likeness (QED) is 0.675. The summed E-state index contributed by atoms with van der Waals surface area (Å²) in [5.74, 6) is 0.714. The van der Waals surface area contributed by atoms with Gasteiger partial charge in [0.25, 0.3) is 0 Å². The first-order valence-electron chi connectivity index (χ1n) is 5.26. The zero-order valence-corrected chi connectivity index (χ0v) is 10.6. The van der Waals surface area contributed by atoms with Gasteiger partial charge in [0, 0.05) is 24.5 Å². The summed E-state index contributed by atoms with van der Waals surface area (Å²) < 4.78 is 4.96. The van der Waals surface area contributed by atoms with Gasteiger partial charge in [-0.1, -0.05) is 6.07 Å². The van der Waals surface area contributed by atoms with Crippen LogP contribution in [0.2, 0.25) is 0 Å². The maximum atomic E-state index is 4.49. The van der Waals surface area contributed by atoms with Crippen LogP contribution in [-0.2, 0) is 6.54 Å². The standard InChI is InChI=1S/C12H10BrN4/c13-11-10(9-16-6-2-1-3-7-16)15-12-14-5-4-8-17(11)12/h1-8H,9H2/q+1. The summed E-state index contributed by atoms with van der Waals surface area (Å²) in [4.78, 5) is 8.71. The molecule has 5 heteroatoms. The fourth-order valence-electron chi connectivity index (χ4n) is 1.72. The van der Waals surface area contributed by atoms with Crippen molar-refractivity contribution in [2.75, 3.05) is 0 Å². The fraction of sp³-hybridized carbons (Fsp3) is 0.0833. The average molecular weight is 290 g/mol. The molecule has 0 saturated heterocycles. The molecule has 0 aliphatic rings. The SMILES string of the molecule is Brc1c(C[n+]2ccccc2)nc2ncccn12. The Morgan fingerprint density at radius 3 is 2.76 bits per heavy atom. The predicted molar refractivity (Wildman–Crippen MR) is 66.4 cm³/mol. The van der Waals surface area contributed by atoms with Gasteiger partial charge < -0.3 is 0 Å². The van der Waals surface area contributed by atoms with E-state index in [0.717, 1.165) is 16.8 Å². The molecular formula is C12H10BrN4+. The zero-order chi connectivity index (χ0) is 11.7. The Morgan fingerprint density at radius 2 is 2.00 bits per heavy atom. The normalized spacial score (nSPS) is 10.9. The molecule has 0 amide bonds. The topological polar surface area (TPSA) is 34.1 Å². The minimum absolute atomic E-state index is 0.714. The molecule has 0 spiro atoms. The first-order chi connectivity index (χ1) is 8.34. The van der Waals surface area contributed by atoms with Crippen LogP contribution >= 0.6 is 15.9 Å². The van der Waals surface area contributed by atoms with Gasteiger partial charge in [0.2, 0.25) is 5.78 Å². The van der Waals surface area contributed by atoms with Gasteiger partial charge in [-0.15, -0.1) is 0 Å².